The molecule has 2 aromatic rings. The number of carbonyl (C=O) groups is 2. The molecule has 0 spiro atoms. The van der Waals surface area contributed by atoms with Gasteiger partial charge in [-0.3, -0.25) is 14.5 Å². The molecule has 152 valence electrons. The van der Waals surface area contributed by atoms with Gasteiger partial charge in [-0.2, -0.15) is 0 Å². The summed E-state index contributed by atoms with van der Waals surface area (Å²) < 4.78 is 10.2. The van der Waals surface area contributed by atoms with E-state index in [9.17, 15) is 9.59 Å². The van der Waals surface area contributed by atoms with Gasteiger partial charge in [0.2, 0.25) is 0 Å². The highest BCUT2D eigenvalue weighted by Crippen LogP contribution is 2.32. The van der Waals surface area contributed by atoms with Crippen LogP contribution in [0.3, 0.4) is 0 Å². The first-order valence-corrected chi connectivity index (χ1v) is 9.54. The molecular formula is C23H26N2O4. The van der Waals surface area contributed by atoms with Gasteiger partial charge in [-0.25, -0.2) is 0 Å². The van der Waals surface area contributed by atoms with Crippen molar-refractivity contribution >= 4 is 23.1 Å². The third-order valence-electron chi connectivity index (χ3n) is 5.05. The van der Waals surface area contributed by atoms with Crippen molar-refractivity contribution in [1.29, 1.82) is 0 Å². The van der Waals surface area contributed by atoms with Crippen LogP contribution >= 0.6 is 0 Å². The van der Waals surface area contributed by atoms with Gasteiger partial charge in [0.15, 0.2) is 0 Å². The van der Waals surface area contributed by atoms with Gasteiger partial charge in [0.05, 0.1) is 12.7 Å². The summed E-state index contributed by atoms with van der Waals surface area (Å²) in [4.78, 5) is 27.5. The van der Waals surface area contributed by atoms with Crippen LogP contribution < -0.4 is 10.1 Å². The summed E-state index contributed by atoms with van der Waals surface area (Å²) in [5.41, 5.74) is 4.33. The molecule has 2 aromatic carbocycles. The molecule has 3 rings (SSSR count). The largest absolute Gasteiger partial charge is 0.497 e. The van der Waals surface area contributed by atoms with Crippen LogP contribution in [0.5, 0.6) is 5.75 Å². The van der Waals surface area contributed by atoms with Gasteiger partial charge in [0, 0.05) is 25.9 Å². The molecule has 2 amide bonds. The number of hydrogen-bond acceptors (Lipinski definition) is 5. The summed E-state index contributed by atoms with van der Waals surface area (Å²) in [5, 5.41) is 3.16. The maximum absolute atomic E-state index is 13.2. The second-order valence-corrected chi connectivity index (χ2v) is 7.01. The van der Waals surface area contributed by atoms with Crippen LogP contribution in [-0.2, 0) is 14.3 Å². The summed E-state index contributed by atoms with van der Waals surface area (Å²) in [7, 11) is 3.20. The molecule has 0 unspecified atom stereocenters. The lowest BCUT2D eigenvalue weighted by atomic mass is 9.99. The van der Waals surface area contributed by atoms with Gasteiger partial charge >= 0.3 is 0 Å². The molecule has 1 heterocycles. The molecule has 1 N–H and O–H groups in total. The second-order valence-electron chi connectivity index (χ2n) is 7.01. The molecule has 0 saturated carbocycles. The number of aryl methyl sites for hydroxylation is 2. The van der Waals surface area contributed by atoms with Crippen molar-refractivity contribution in [3.63, 3.8) is 0 Å². The second kappa shape index (κ2) is 8.92. The Morgan fingerprint density at radius 2 is 1.66 bits per heavy atom. The van der Waals surface area contributed by atoms with E-state index in [2.05, 4.69) is 5.32 Å². The first-order chi connectivity index (χ1) is 14.0. The number of anilines is 1. The number of rotatable bonds is 8. The Morgan fingerprint density at radius 3 is 2.28 bits per heavy atom. The zero-order valence-corrected chi connectivity index (χ0v) is 17.2. The van der Waals surface area contributed by atoms with E-state index in [0.717, 1.165) is 16.7 Å². The lowest BCUT2D eigenvalue weighted by Crippen LogP contribution is -2.33. The molecule has 0 fully saturated rings. The number of ether oxygens (including phenoxy) is 2. The molecule has 0 aromatic heterocycles. The van der Waals surface area contributed by atoms with Crippen molar-refractivity contribution in [2.45, 2.75) is 20.3 Å². The zero-order chi connectivity index (χ0) is 21.0. The van der Waals surface area contributed by atoms with Crippen LogP contribution in [0.4, 0.5) is 5.69 Å². The molecule has 0 atom stereocenters. The average molecular weight is 394 g/mol. The first kappa shape index (κ1) is 20.6. The smallest absolute Gasteiger partial charge is 0.278 e. The monoisotopic (exact) mass is 394 g/mol. The Labute approximate surface area is 171 Å². The normalized spacial score (nSPS) is 14.0. The molecule has 6 heteroatoms. The molecule has 29 heavy (non-hydrogen) atoms. The molecular weight excluding hydrogens is 368 g/mol. The predicted molar refractivity (Wildman–Crippen MR) is 113 cm³/mol. The van der Waals surface area contributed by atoms with Gasteiger partial charge in [-0.15, -0.1) is 0 Å². The van der Waals surface area contributed by atoms with Crippen molar-refractivity contribution in [3.8, 4) is 5.75 Å². The van der Waals surface area contributed by atoms with E-state index < -0.39 is 0 Å². The minimum absolute atomic E-state index is 0.287. The number of benzene rings is 2. The van der Waals surface area contributed by atoms with Crippen molar-refractivity contribution in [2.75, 3.05) is 32.7 Å². The predicted octanol–water partition coefficient (Wildman–Crippen LogP) is 3.54. The number of hydrogen-bond donors (Lipinski definition) is 1. The van der Waals surface area contributed by atoms with Gasteiger partial charge < -0.3 is 14.8 Å². The lowest BCUT2D eigenvalue weighted by molar-refractivity contribution is -0.136. The van der Waals surface area contributed by atoms with Gasteiger partial charge in [-0.1, -0.05) is 18.2 Å². The minimum Gasteiger partial charge on any atom is -0.497 e. The van der Waals surface area contributed by atoms with Gasteiger partial charge in [0.25, 0.3) is 11.8 Å². The van der Waals surface area contributed by atoms with Crippen molar-refractivity contribution in [1.82, 2.24) is 4.90 Å². The standard InChI is InChI=1S/C23H26N2O4/c1-15-6-7-17(14-16(15)2)20-21(24-18-8-10-19(29-4)11-9-18)23(27)25(22(20)26)12-5-13-28-3/h6-11,14,24H,5,12-13H2,1-4H3. The Hall–Kier alpha value is -3.12. The van der Waals surface area contributed by atoms with Crippen molar-refractivity contribution in [3.05, 3.63) is 64.9 Å². The van der Waals surface area contributed by atoms with Crippen LogP contribution in [0, 0.1) is 13.8 Å². The van der Waals surface area contributed by atoms with E-state index >= 15 is 0 Å². The summed E-state index contributed by atoms with van der Waals surface area (Å²) in [5.74, 6) is 0.106. The molecule has 0 saturated heterocycles. The first-order valence-electron chi connectivity index (χ1n) is 9.54. The van der Waals surface area contributed by atoms with E-state index in [1.807, 2.05) is 44.2 Å². The lowest BCUT2D eigenvalue weighted by Gasteiger charge is -2.15. The molecule has 0 bridgehead atoms. The van der Waals surface area contributed by atoms with Gasteiger partial charge in [-0.05, 0) is 61.2 Å². The third-order valence-corrected chi connectivity index (χ3v) is 5.05. The number of carbonyl (C=O) groups excluding carboxylic acids is 2. The van der Waals surface area contributed by atoms with E-state index in [1.54, 1.807) is 26.4 Å². The Morgan fingerprint density at radius 1 is 0.931 bits per heavy atom. The number of nitrogens with zero attached hydrogens (tertiary/aromatic N) is 1. The maximum atomic E-state index is 13.2. The summed E-state index contributed by atoms with van der Waals surface area (Å²) >= 11 is 0. The number of methoxy groups -OCH3 is 2. The molecule has 6 nitrogen and oxygen atoms in total. The fourth-order valence-corrected chi connectivity index (χ4v) is 3.25. The highest BCUT2D eigenvalue weighted by Gasteiger charge is 2.38. The van der Waals surface area contributed by atoms with E-state index in [4.69, 9.17) is 9.47 Å². The topological polar surface area (TPSA) is 67.9 Å². The summed E-state index contributed by atoms with van der Waals surface area (Å²) in [6, 6.07) is 13.0. The Kier molecular flexibility index (Phi) is 6.34. The Balaban J connectivity index is 1.99. The molecule has 0 aliphatic carbocycles. The zero-order valence-electron chi connectivity index (χ0n) is 17.2. The number of nitrogens with one attached hydrogen (secondary N) is 1. The van der Waals surface area contributed by atoms with Crippen LogP contribution in [-0.4, -0.2) is 44.1 Å². The SMILES string of the molecule is COCCCN1C(=O)C(Nc2ccc(OC)cc2)=C(c2ccc(C)c(C)c2)C1=O. The maximum Gasteiger partial charge on any atom is 0.278 e. The van der Waals surface area contributed by atoms with E-state index in [0.29, 0.717) is 42.3 Å². The highest BCUT2D eigenvalue weighted by molar-refractivity contribution is 6.36. The fourth-order valence-electron chi connectivity index (χ4n) is 3.25. The average Bonchev–Trinajstić information content (AvgIpc) is 2.95. The van der Waals surface area contributed by atoms with E-state index in [-0.39, 0.29) is 11.8 Å². The van der Waals surface area contributed by atoms with Crippen LogP contribution in [0.25, 0.3) is 5.57 Å². The quantitative estimate of drug-likeness (QED) is 0.548. The van der Waals surface area contributed by atoms with Crippen LogP contribution in [0.1, 0.15) is 23.1 Å². The molecule has 1 aliphatic heterocycles. The molecule has 1 aliphatic rings. The van der Waals surface area contributed by atoms with E-state index in [1.165, 1.54) is 4.90 Å². The number of amides is 2. The van der Waals surface area contributed by atoms with Crippen molar-refractivity contribution < 1.29 is 19.1 Å². The summed E-state index contributed by atoms with van der Waals surface area (Å²) in [6.07, 6.45) is 0.587. The Bertz CT molecular complexity index is 948. The molecule has 0 radical (unpaired) electrons. The fraction of sp³-hybridized carbons (Fsp3) is 0.304. The highest BCUT2D eigenvalue weighted by atomic mass is 16.5. The van der Waals surface area contributed by atoms with Crippen LogP contribution in [0.15, 0.2) is 48.2 Å². The third kappa shape index (κ3) is 4.32. The van der Waals surface area contributed by atoms with Crippen molar-refractivity contribution in [2.24, 2.45) is 0 Å². The summed E-state index contributed by atoms with van der Waals surface area (Å²) in [6.45, 7) is 4.81. The minimum atomic E-state index is -0.324. The van der Waals surface area contributed by atoms with Crippen LogP contribution in [0.2, 0.25) is 0 Å². The number of imide groups is 1. The van der Waals surface area contributed by atoms with Gasteiger partial charge in [0.1, 0.15) is 11.4 Å².